The summed E-state index contributed by atoms with van der Waals surface area (Å²) < 4.78 is 0. The molecule has 0 aliphatic heterocycles. The fraction of sp³-hybridized carbons (Fsp3) is 0.357. The summed E-state index contributed by atoms with van der Waals surface area (Å²) in [6, 6.07) is 8.40. The van der Waals surface area contributed by atoms with E-state index in [9.17, 15) is 4.79 Å². The molecule has 0 saturated carbocycles. The van der Waals surface area contributed by atoms with Crippen LogP contribution in [0.3, 0.4) is 0 Å². The second-order valence-electron chi connectivity index (χ2n) is 3.90. The molecule has 1 nitrogen and oxygen atoms in total. The summed E-state index contributed by atoms with van der Waals surface area (Å²) in [6.45, 7) is 4.23. The normalized spacial score (nSPS) is 9.88. The highest BCUT2D eigenvalue weighted by molar-refractivity contribution is 7.99. The lowest BCUT2D eigenvalue weighted by atomic mass is 10.1. The van der Waals surface area contributed by atoms with E-state index >= 15 is 0 Å². The molecule has 0 N–H and O–H groups in total. The van der Waals surface area contributed by atoms with Gasteiger partial charge in [-0.25, -0.2) is 0 Å². The summed E-state index contributed by atoms with van der Waals surface area (Å²) >= 11 is 1.76. The summed E-state index contributed by atoms with van der Waals surface area (Å²) in [5, 5.41) is 0. The molecular formula is C14H18OS. The maximum absolute atomic E-state index is 10.3. The number of hydrogen-bond donors (Lipinski definition) is 0. The van der Waals surface area contributed by atoms with Gasteiger partial charge in [-0.3, -0.25) is 0 Å². The zero-order valence-electron chi connectivity index (χ0n) is 9.90. The first kappa shape index (κ1) is 13.0. The first-order valence-electron chi connectivity index (χ1n) is 5.51. The van der Waals surface area contributed by atoms with E-state index in [1.807, 2.05) is 0 Å². The summed E-state index contributed by atoms with van der Waals surface area (Å²) in [5.41, 5.74) is 2.69. The van der Waals surface area contributed by atoms with E-state index in [4.69, 9.17) is 0 Å². The SMILES string of the molecule is CC(C)=CCc1ccccc1SCCC=O. The van der Waals surface area contributed by atoms with Crippen LogP contribution < -0.4 is 0 Å². The molecule has 0 saturated heterocycles. The first-order valence-corrected chi connectivity index (χ1v) is 6.50. The van der Waals surface area contributed by atoms with Crippen molar-refractivity contribution < 1.29 is 4.79 Å². The summed E-state index contributed by atoms with van der Waals surface area (Å²) in [5.74, 6) is 0.870. The van der Waals surface area contributed by atoms with Crippen LogP contribution in [-0.4, -0.2) is 12.0 Å². The second kappa shape index (κ2) is 7.29. The Hall–Kier alpha value is -1.02. The lowest BCUT2D eigenvalue weighted by Crippen LogP contribution is -1.88. The molecule has 0 spiro atoms. The van der Waals surface area contributed by atoms with E-state index in [1.165, 1.54) is 16.0 Å². The van der Waals surface area contributed by atoms with Crippen molar-refractivity contribution in [2.75, 3.05) is 5.75 Å². The molecule has 0 heterocycles. The van der Waals surface area contributed by atoms with Crippen LogP contribution >= 0.6 is 11.8 Å². The molecule has 16 heavy (non-hydrogen) atoms. The Morgan fingerprint density at radius 2 is 2.06 bits per heavy atom. The summed E-state index contributed by atoms with van der Waals surface area (Å²) in [6.07, 6.45) is 4.82. The number of rotatable bonds is 6. The fourth-order valence-electron chi connectivity index (χ4n) is 1.34. The lowest BCUT2D eigenvalue weighted by Gasteiger charge is -2.06. The number of hydrogen-bond acceptors (Lipinski definition) is 2. The van der Waals surface area contributed by atoms with Crippen LogP contribution in [0.4, 0.5) is 0 Å². The van der Waals surface area contributed by atoms with Gasteiger partial charge in [0.05, 0.1) is 0 Å². The highest BCUT2D eigenvalue weighted by Gasteiger charge is 2.00. The van der Waals surface area contributed by atoms with E-state index < -0.39 is 0 Å². The standard InChI is InChI=1S/C14H18OS/c1-12(2)8-9-13-6-3-4-7-14(13)16-11-5-10-15/h3-4,6-8,10H,5,9,11H2,1-2H3. The van der Waals surface area contributed by atoms with Gasteiger partial charge in [-0.2, -0.15) is 0 Å². The number of benzene rings is 1. The highest BCUT2D eigenvalue weighted by atomic mass is 32.2. The molecular weight excluding hydrogens is 216 g/mol. The first-order chi connectivity index (χ1) is 7.74. The maximum Gasteiger partial charge on any atom is 0.120 e. The van der Waals surface area contributed by atoms with Crippen LogP contribution in [0.25, 0.3) is 0 Å². The third kappa shape index (κ3) is 4.67. The van der Waals surface area contributed by atoms with Gasteiger partial charge in [-0.15, -0.1) is 11.8 Å². The third-order valence-electron chi connectivity index (χ3n) is 2.20. The van der Waals surface area contributed by atoms with Crippen LogP contribution in [0, 0.1) is 0 Å². The van der Waals surface area contributed by atoms with Crippen molar-refractivity contribution in [3.05, 3.63) is 41.5 Å². The van der Waals surface area contributed by atoms with Gasteiger partial charge in [0.1, 0.15) is 6.29 Å². The predicted octanol–water partition coefficient (Wildman–Crippen LogP) is 3.88. The van der Waals surface area contributed by atoms with Crippen LogP contribution in [-0.2, 0) is 11.2 Å². The Morgan fingerprint density at radius 1 is 1.31 bits per heavy atom. The number of allylic oxidation sites excluding steroid dienone is 2. The van der Waals surface area contributed by atoms with Crippen LogP contribution in [0.2, 0.25) is 0 Å². The number of carbonyl (C=O) groups excluding carboxylic acids is 1. The Morgan fingerprint density at radius 3 is 2.75 bits per heavy atom. The van der Waals surface area contributed by atoms with Crippen LogP contribution in [0.15, 0.2) is 40.8 Å². The highest BCUT2D eigenvalue weighted by Crippen LogP contribution is 2.23. The molecule has 1 aromatic rings. The average Bonchev–Trinajstić information content (AvgIpc) is 2.28. The third-order valence-corrected chi connectivity index (χ3v) is 3.35. The zero-order chi connectivity index (χ0) is 11.8. The van der Waals surface area contributed by atoms with E-state index in [0.29, 0.717) is 6.42 Å². The maximum atomic E-state index is 10.3. The van der Waals surface area contributed by atoms with Crippen molar-refractivity contribution in [2.45, 2.75) is 31.6 Å². The molecule has 1 rings (SSSR count). The van der Waals surface area contributed by atoms with Crippen LogP contribution in [0.5, 0.6) is 0 Å². The van der Waals surface area contributed by atoms with Crippen molar-refractivity contribution in [1.29, 1.82) is 0 Å². The van der Waals surface area contributed by atoms with Gasteiger partial charge in [-0.1, -0.05) is 29.8 Å². The predicted molar refractivity (Wildman–Crippen MR) is 71.0 cm³/mol. The second-order valence-corrected chi connectivity index (χ2v) is 5.03. The lowest BCUT2D eigenvalue weighted by molar-refractivity contribution is -0.107. The Bertz CT molecular complexity index is 365. The largest absolute Gasteiger partial charge is 0.303 e. The molecule has 1 aromatic carbocycles. The quantitative estimate of drug-likeness (QED) is 0.321. The van der Waals surface area contributed by atoms with Gasteiger partial charge in [0.25, 0.3) is 0 Å². The van der Waals surface area contributed by atoms with Gasteiger partial charge in [0.15, 0.2) is 0 Å². The molecule has 0 aliphatic rings. The molecule has 0 unspecified atom stereocenters. The molecule has 0 aliphatic carbocycles. The smallest absolute Gasteiger partial charge is 0.120 e. The van der Waals surface area contributed by atoms with Gasteiger partial charge in [0.2, 0.25) is 0 Å². The Kier molecular flexibility index (Phi) is 5.94. The van der Waals surface area contributed by atoms with E-state index in [1.54, 1.807) is 11.8 Å². The fourth-order valence-corrected chi connectivity index (χ4v) is 2.29. The molecule has 86 valence electrons. The number of carbonyl (C=O) groups is 1. The van der Waals surface area contributed by atoms with Gasteiger partial charge < -0.3 is 4.79 Å². The molecule has 0 aromatic heterocycles. The van der Waals surface area contributed by atoms with Crippen molar-refractivity contribution in [3.63, 3.8) is 0 Å². The minimum absolute atomic E-state index is 0.627. The topological polar surface area (TPSA) is 17.1 Å². The summed E-state index contributed by atoms with van der Waals surface area (Å²) in [7, 11) is 0. The van der Waals surface area contributed by atoms with E-state index in [2.05, 4.69) is 44.2 Å². The molecule has 0 amide bonds. The van der Waals surface area contributed by atoms with Crippen molar-refractivity contribution in [3.8, 4) is 0 Å². The van der Waals surface area contributed by atoms with Crippen molar-refractivity contribution in [2.24, 2.45) is 0 Å². The molecule has 0 radical (unpaired) electrons. The van der Waals surface area contributed by atoms with Gasteiger partial charge in [0, 0.05) is 17.1 Å². The van der Waals surface area contributed by atoms with Gasteiger partial charge in [-0.05, 0) is 31.9 Å². The monoisotopic (exact) mass is 234 g/mol. The van der Waals surface area contributed by atoms with E-state index in [0.717, 1.165) is 18.5 Å². The van der Waals surface area contributed by atoms with Crippen molar-refractivity contribution >= 4 is 18.0 Å². The van der Waals surface area contributed by atoms with Crippen molar-refractivity contribution in [1.82, 2.24) is 0 Å². The zero-order valence-corrected chi connectivity index (χ0v) is 10.7. The molecule has 2 heteroatoms. The Labute approximate surface area is 102 Å². The number of aldehydes is 1. The average molecular weight is 234 g/mol. The van der Waals surface area contributed by atoms with Crippen LogP contribution in [0.1, 0.15) is 25.8 Å². The number of thioether (sulfide) groups is 1. The molecule has 0 fully saturated rings. The minimum Gasteiger partial charge on any atom is -0.303 e. The summed E-state index contributed by atoms with van der Waals surface area (Å²) in [4.78, 5) is 11.6. The molecule has 0 bridgehead atoms. The van der Waals surface area contributed by atoms with Gasteiger partial charge >= 0.3 is 0 Å². The van der Waals surface area contributed by atoms with E-state index in [-0.39, 0.29) is 0 Å². The minimum atomic E-state index is 0.627. The Balaban J connectivity index is 2.67. The molecule has 0 atom stereocenters.